The average molecular weight is 395 g/mol. The summed E-state index contributed by atoms with van der Waals surface area (Å²) < 4.78 is 2.60. The molecule has 1 aliphatic heterocycles. The summed E-state index contributed by atoms with van der Waals surface area (Å²) >= 11 is 0. The van der Waals surface area contributed by atoms with Crippen LogP contribution in [0.5, 0.6) is 0 Å². The largest absolute Gasteiger partial charge is 0.336 e. The molecule has 0 aliphatic carbocycles. The van der Waals surface area contributed by atoms with Gasteiger partial charge in [0.05, 0.1) is 21.5 Å². The first-order valence-electron chi connectivity index (χ1n) is 9.63. The molecule has 3 aromatic rings. The van der Waals surface area contributed by atoms with Gasteiger partial charge in [0.15, 0.2) is 0 Å². The van der Waals surface area contributed by atoms with Crippen LogP contribution in [-0.2, 0) is 6.54 Å². The van der Waals surface area contributed by atoms with Crippen molar-refractivity contribution in [2.45, 2.75) is 25.8 Å². The fraction of sp³-hybridized carbons (Fsp3) is 0.350. The van der Waals surface area contributed by atoms with Crippen LogP contribution in [0.3, 0.4) is 0 Å². The molecule has 3 heterocycles. The van der Waals surface area contributed by atoms with Crippen molar-refractivity contribution in [1.82, 2.24) is 19.0 Å². The van der Waals surface area contributed by atoms with Gasteiger partial charge >= 0.3 is 5.69 Å². The van der Waals surface area contributed by atoms with Gasteiger partial charge < -0.3 is 4.90 Å². The van der Waals surface area contributed by atoms with E-state index < -0.39 is 16.2 Å². The molecule has 1 aromatic carbocycles. The smallest absolute Gasteiger partial charge is 0.302 e. The number of pyridine rings is 1. The molecule has 0 unspecified atom stereocenters. The molecule has 0 saturated carbocycles. The minimum Gasteiger partial charge on any atom is -0.302 e. The maximum atomic E-state index is 13.2. The summed E-state index contributed by atoms with van der Waals surface area (Å²) in [6.07, 6.45) is 6.49. The first-order chi connectivity index (χ1) is 14.1. The lowest BCUT2D eigenvalue weighted by Crippen LogP contribution is -2.41. The normalized spacial score (nSPS) is 14.9. The summed E-state index contributed by atoms with van der Waals surface area (Å²) in [6.45, 7) is 3.06. The zero-order valence-corrected chi connectivity index (χ0v) is 15.9. The molecular formula is C20H21N5O4. The number of hydrogen-bond acceptors (Lipinski definition) is 6. The lowest BCUT2D eigenvalue weighted by Gasteiger charge is -2.27. The lowest BCUT2D eigenvalue weighted by atomic mass is 10.1. The molecule has 1 fully saturated rings. The van der Waals surface area contributed by atoms with Crippen molar-refractivity contribution in [2.24, 2.45) is 0 Å². The van der Waals surface area contributed by atoms with Gasteiger partial charge in [0.25, 0.3) is 11.2 Å². The van der Waals surface area contributed by atoms with E-state index in [2.05, 4.69) is 9.88 Å². The van der Waals surface area contributed by atoms with Crippen LogP contribution >= 0.6 is 0 Å². The monoisotopic (exact) mass is 395 g/mol. The van der Waals surface area contributed by atoms with Gasteiger partial charge in [-0.05, 0) is 44.1 Å². The number of nitro groups is 1. The Labute approximate surface area is 166 Å². The molecule has 29 heavy (non-hydrogen) atoms. The van der Waals surface area contributed by atoms with Crippen LogP contribution in [0.25, 0.3) is 16.6 Å². The highest BCUT2D eigenvalue weighted by molar-refractivity contribution is 5.81. The number of nitrogens with zero attached hydrogens (tertiary/aromatic N) is 5. The van der Waals surface area contributed by atoms with Crippen LogP contribution in [0, 0.1) is 10.1 Å². The second kappa shape index (κ2) is 7.96. The number of non-ortho nitro benzene ring substituents is 1. The van der Waals surface area contributed by atoms with Crippen molar-refractivity contribution in [3.63, 3.8) is 0 Å². The Morgan fingerprint density at radius 3 is 2.41 bits per heavy atom. The Kier molecular flexibility index (Phi) is 5.22. The van der Waals surface area contributed by atoms with E-state index in [1.165, 1.54) is 41.6 Å². The first-order valence-corrected chi connectivity index (χ1v) is 9.63. The second-order valence-corrected chi connectivity index (χ2v) is 7.14. The van der Waals surface area contributed by atoms with E-state index in [1.54, 1.807) is 12.1 Å². The molecule has 4 rings (SSSR count). The third kappa shape index (κ3) is 3.68. The van der Waals surface area contributed by atoms with Crippen molar-refractivity contribution in [3.05, 3.63) is 73.7 Å². The molecule has 1 aliphatic rings. The summed E-state index contributed by atoms with van der Waals surface area (Å²) in [5, 5.41) is 11.4. The van der Waals surface area contributed by atoms with Gasteiger partial charge in [-0.2, -0.15) is 0 Å². The first kappa shape index (κ1) is 19.0. The molecule has 0 bridgehead atoms. The molecule has 1 saturated heterocycles. The van der Waals surface area contributed by atoms with Gasteiger partial charge in [-0.15, -0.1) is 0 Å². The standard InChI is InChI=1S/C20H21N5O4/c26-19-17-14-16(25(28)29)4-5-18(17)23(13-12-22-10-2-1-3-11-22)20(27)24(19)15-6-8-21-9-7-15/h4-9,14H,1-3,10-13H2. The van der Waals surface area contributed by atoms with E-state index in [0.717, 1.165) is 30.5 Å². The number of likely N-dealkylation sites (tertiary alicyclic amines) is 1. The third-order valence-corrected chi connectivity index (χ3v) is 5.35. The SMILES string of the molecule is O=c1c2cc([N+](=O)[O-])ccc2n(CCN2CCCCC2)c(=O)n1-c1ccncc1. The molecule has 0 spiro atoms. The molecular weight excluding hydrogens is 374 g/mol. The minimum atomic E-state index is -0.575. The Hall–Kier alpha value is -3.33. The maximum Gasteiger partial charge on any atom is 0.336 e. The van der Waals surface area contributed by atoms with Gasteiger partial charge in [0, 0.05) is 37.6 Å². The van der Waals surface area contributed by atoms with Gasteiger partial charge in [-0.25, -0.2) is 9.36 Å². The molecule has 9 heteroatoms. The molecule has 0 N–H and O–H groups in total. The van der Waals surface area contributed by atoms with Crippen LogP contribution in [0.15, 0.2) is 52.3 Å². The van der Waals surface area contributed by atoms with E-state index in [9.17, 15) is 19.7 Å². The highest BCUT2D eigenvalue weighted by Crippen LogP contribution is 2.18. The Balaban J connectivity index is 1.89. The number of piperidine rings is 1. The van der Waals surface area contributed by atoms with Crippen LogP contribution < -0.4 is 11.2 Å². The zero-order chi connectivity index (χ0) is 20.4. The Morgan fingerprint density at radius 2 is 1.72 bits per heavy atom. The van der Waals surface area contributed by atoms with E-state index in [-0.39, 0.29) is 11.1 Å². The van der Waals surface area contributed by atoms with Gasteiger partial charge in [0.1, 0.15) is 0 Å². The summed E-state index contributed by atoms with van der Waals surface area (Å²) in [6, 6.07) is 7.20. The van der Waals surface area contributed by atoms with Crippen molar-refractivity contribution in [1.29, 1.82) is 0 Å². The highest BCUT2D eigenvalue weighted by Gasteiger charge is 2.18. The highest BCUT2D eigenvalue weighted by atomic mass is 16.6. The Bertz CT molecular complexity index is 1160. The number of aromatic nitrogens is 3. The van der Waals surface area contributed by atoms with Gasteiger partial charge in [0.2, 0.25) is 0 Å². The molecule has 0 amide bonds. The number of benzene rings is 1. The summed E-state index contributed by atoms with van der Waals surface area (Å²) in [7, 11) is 0. The van der Waals surface area contributed by atoms with Crippen LogP contribution in [-0.4, -0.2) is 43.6 Å². The predicted octanol–water partition coefficient (Wildman–Crippen LogP) is 1.94. The van der Waals surface area contributed by atoms with E-state index in [1.807, 2.05) is 0 Å². The fourth-order valence-electron chi connectivity index (χ4n) is 3.84. The van der Waals surface area contributed by atoms with E-state index in [0.29, 0.717) is 24.3 Å². The molecule has 2 aromatic heterocycles. The van der Waals surface area contributed by atoms with Crippen LogP contribution in [0.4, 0.5) is 5.69 Å². The molecule has 150 valence electrons. The summed E-state index contributed by atoms with van der Waals surface area (Å²) in [5.41, 5.74) is -0.422. The predicted molar refractivity (Wildman–Crippen MR) is 109 cm³/mol. The topological polar surface area (TPSA) is 103 Å². The number of fused-ring (bicyclic) bond motifs is 1. The van der Waals surface area contributed by atoms with Gasteiger partial charge in [-0.1, -0.05) is 6.42 Å². The third-order valence-electron chi connectivity index (χ3n) is 5.35. The lowest BCUT2D eigenvalue weighted by molar-refractivity contribution is -0.384. The van der Waals surface area contributed by atoms with Crippen molar-refractivity contribution < 1.29 is 4.92 Å². The van der Waals surface area contributed by atoms with Crippen LogP contribution in [0.1, 0.15) is 19.3 Å². The molecule has 0 atom stereocenters. The van der Waals surface area contributed by atoms with Crippen molar-refractivity contribution in [2.75, 3.05) is 19.6 Å². The number of hydrogen-bond donors (Lipinski definition) is 0. The molecule has 0 radical (unpaired) electrons. The van der Waals surface area contributed by atoms with E-state index >= 15 is 0 Å². The number of nitro benzene ring substituents is 1. The van der Waals surface area contributed by atoms with Crippen molar-refractivity contribution in [3.8, 4) is 5.69 Å². The van der Waals surface area contributed by atoms with Crippen LogP contribution in [0.2, 0.25) is 0 Å². The Morgan fingerprint density at radius 1 is 1.00 bits per heavy atom. The van der Waals surface area contributed by atoms with Gasteiger partial charge in [-0.3, -0.25) is 24.5 Å². The quantitative estimate of drug-likeness (QED) is 0.483. The summed E-state index contributed by atoms with van der Waals surface area (Å²) in [4.78, 5) is 43.2. The second-order valence-electron chi connectivity index (χ2n) is 7.14. The number of rotatable bonds is 5. The minimum absolute atomic E-state index is 0.147. The summed E-state index contributed by atoms with van der Waals surface area (Å²) in [5.74, 6) is 0. The maximum absolute atomic E-state index is 13.2. The molecule has 9 nitrogen and oxygen atoms in total. The van der Waals surface area contributed by atoms with E-state index in [4.69, 9.17) is 0 Å². The zero-order valence-electron chi connectivity index (χ0n) is 15.9. The van der Waals surface area contributed by atoms with Crippen molar-refractivity contribution >= 4 is 16.6 Å². The average Bonchev–Trinajstić information content (AvgIpc) is 2.75. The fourth-order valence-corrected chi connectivity index (χ4v) is 3.84.